The number of rotatable bonds is 6. The minimum Gasteiger partial charge on any atom is -0.494 e. The molecule has 1 aliphatic heterocycles. The van der Waals surface area contributed by atoms with E-state index in [1.165, 1.54) is 30.5 Å². The van der Waals surface area contributed by atoms with Crippen molar-refractivity contribution in [1.29, 1.82) is 0 Å². The van der Waals surface area contributed by atoms with Gasteiger partial charge in [-0.2, -0.15) is 0 Å². The number of hydrogen-bond acceptors (Lipinski definition) is 3. The molecule has 2 rings (SSSR count). The van der Waals surface area contributed by atoms with E-state index in [0.29, 0.717) is 6.04 Å². The molecule has 3 nitrogen and oxygen atoms in total. The van der Waals surface area contributed by atoms with Gasteiger partial charge >= 0.3 is 0 Å². The van der Waals surface area contributed by atoms with E-state index in [4.69, 9.17) is 10.5 Å². The number of hydrogen-bond donors (Lipinski definition) is 1. The third-order valence-corrected chi connectivity index (χ3v) is 4.43. The first-order valence-corrected chi connectivity index (χ1v) is 8.23. The van der Waals surface area contributed by atoms with Crippen LogP contribution < -0.4 is 10.5 Å². The maximum Gasteiger partial charge on any atom is 0.119 e. The molecule has 0 aromatic heterocycles. The summed E-state index contributed by atoms with van der Waals surface area (Å²) in [7, 11) is 0. The van der Waals surface area contributed by atoms with E-state index in [2.05, 4.69) is 43.9 Å². The van der Waals surface area contributed by atoms with Crippen molar-refractivity contribution in [3.63, 3.8) is 0 Å². The van der Waals surface area contributed by atoms with Crippen LogP contribution in [0.25, 0.3) is 0 Å². The molecule has 1 aromatic carbocycles. The molecule has 118 valence electrons. The van der Waals surface area contributed by atoms with Crippen molar-refractivity contribution in [1.82, 2.24) is 4.90 Å². The van der Waals surface area contributed by atoms with Crippen LogP contribution in [0.2, 0.25) is 0 Å². The summed E-state index contributed by atoms with van der Waals surface area (Å²) >= 11 is 0. The smallest absolute Gasteiger partial charge is 0.119 e. The van der Waals surface area contributed by atoms with Gasteiger partial charge in [-0.3, -0.25) is 4.90 Å². The summed E-state index contributed by atoms with van der Waals surface area (Å²) in [6.07, 6.45) is 3.61. The Kier molecular flexibility index (Phi) is 6.07. The van der Waals surface area contributed by atoms with Gasteiger partial charge in [-0.1, -0.05) is 13.0 Å². The van der Waals surface area contributed by atoms with E-state index in [0.717, 1.165) is 37.8 Å². The molecule has 1 aliphatic rings. The molecule has 0 saturated carbocycles. The predicted octanol–water partition coefficient (Wildman–Crippen LogP) is 3.13. The van der Waals surface area contributed by atoms with E-state index in [1.54, 1.807) is 0 Å². The lowest BCUT2D eigenvalue weighted by atomic mass is 9.92. The standard InChI is InChI=1S/C18H30N2O/c1-14-5-7-20(17(10-14)13-19)6-4-8-21-18-11-15(2)9-16(3)12-18/h9,11-12,14,17H,4-8,10,13,19H2,1-3H3. The zero-order chi connectivity index (χ0) is 15.2. The molecule has 1 saturated heterocycles. The van der Waals surface area contributed by atoms with Crippen LogP contribution in [0.4, 0.5) is 0 Å². The van der Waals surface area contributed by atoms with Crippen LogP contribution in [0.5, 0.6) is 5.75 Å². The quantitative estimate of drug-likeness (QED) is 0.818. The molecule has 0 bridgehead atoms. The van der Waals surface area contributed by atoms with Crippen LogP contribution in [0.15, 0.2) is 18.2 Å². The number of piperidine rings is 1. The highest BCUT2D eigenvalue weighted by Gasteiger charge is 2.24. The highest BCUT2D eigenvalue weighted by atomic mass is 16.5. The maximum atomic E-state index is 5.91. The van der Waals surface area contributed by atoms with Crippen LogP contribution in [0, 0.1) is 19.8 Å². The maximum absolute atomic E-state index is 5.91. The number of ether oxygens (including phenoxy) is 1. The van der Waals surface area contributed by atoms with Crippen molar-refractivity contribution in [2.45, 2.75) is 46.1 Å². The summed E-state index contributed by atoms with van der Waals surface area (Å²) in [6, 6.07) is 6.96. The lowest BCUT2D eigenvalue weighted by Crippen LogP contribution is -2.46. The average Bonchev–Trinajstić information content (AvgIpc) is 2.43. The molecular formula is C18H30N2O. The number of nitrogens with two attached hydrogens (primary N) is 1. The zero-order valence-electron chi connectivity index (χ0n) is 13.8. The molecule has 0 aliphatic carbocycles. The number of aryl methyl sites for hydroxylation is 2. The molecule has 21 heavy (non-hydrogen) atoms. The lowest BCUT2D eigenvalue weighted by Gasteiger charge is -2.37. The van der Waals surface area contributed by atoms with Gasteiger partial charge in [0.15, 0.2) is 0 Å². The monoisotopic (exact) mass is 290 g/mol. The normalized spacial score (nSPS) is 23.2. The third-order valence-electron chi connectivity index (χ3n) is 4.43. The number of nitrogens with zero attached hydrogens (tertiary/aromatic N) is 1. The van der Waals surface area contributed by atoms with Gasteiger partial charge in [-0.25, -0.2) is 0 Å². The highest BCUT2D eigenvalue weighted by Crippen LogP contribution is 2.22. The Morgan fingerprint density at radius 2 is 1.95 bits per heavy atom. The van der Waals surface area contributed by atoms with Gasteiger partial charge in [0.05, 0.1) is 6.61 Å². The molecule has 1 aromatic rings. The molecule has 1 heterocycles. The summed E-state index contributed by atoms with van der Waals surface area (Å²) in [4.78, 5) is 2.55. The zero-order valence-corrected chi connectivity index (χ0v) is 13.8. The van der Waals surface area contributed by atoms with Crippen molar-refractivity contribution in [3.8, 4) is 5.75 Å². The van der Waals surface area contributed by atoms with Crippen LogP contribution in [0.1, 0.15) is 37.3 Å². The van der Waals surface area contributed by atoms with Gasteiger partial charge < -0.3 is 10.5 Å². The molecular weight excluding hydrogens is 260 g/mol. The fraction of sp³-hybridized carbons (Fsp3) is 0.667. The Bertz CT molecular complexity index is 427. The molecule has 0 spiro atoms. The van der Waals surface area contributed by atoms with Crippen LogP contribution >= 0.6 is 0 Å². The predicted molar refractivity (Wildman–Crippen MR) is 88.8 cm³/mol. The SMILES string of the molecule is Cc1cc(C)cc(OCCCN2CCC(C)CC2CN)c1. The molecule has 2 atom stereocenters. The van der Waals surface area contributed by atoms with Crippen molar-refractivity contribution in [2.24, 2.45) is 11.7 Å². The largest absolute Gasteiger partial charge is 0.494 e. The van der Waals surface area contributed by atoms with Gasteiger partial charge in [0.25, 0.3) is 0 Å². The molecule has 3 heteroatoms. The molecule has 0 amide bonds. The first-order valence-electron chi connectivity index (χ1n) is 8.23. The van der Waals surface area contributed by atoms with Gasteiger partial charge in [-0.05, 0) is 68.8 Å². The Morgan fingerprint density at radius 1 is 1.24 bits per heavy atom. The van der Waals surface area contributed by atoms with Crippen molar-refractivity contribution >= 4 is 0 Å². The van der Waals surface area contributed by atoms with Gasteiger partial charge in [0.1, 0.15) is 5.75 Å². The van der Waals surface area contributed by atoms with E-state index in [9.17, 15) is 0 Å². The van der Waals surface area contributed by atoms with E-state index >= 15 is 0 Å². The van der Waals surface area contributed by atoms with Crippen molar-refractivity contribution in [2.75, 3.05) is 26.2 Å². The van der Waals surface area contributed by atoms with Crippen molar-refractivity contribution < 1.29 is 4.74 Å². The van der Waals surface area contributed by atoms with Gasteiger partial charge in [0.2, 0.25) is 0 Å². The summed E-state index contributed by atoms with van der Waals surface area (Å²) in [6.45, 7) is 10.4. The molecule has 2 unspecified atom stereocenters. The Labute approximate surface area is 129 Å². The summed E-state index contributed by atoms with van der Waals surface area (Å²) < 4.78 is 5.89. The molecule has 2 N–H and O–H groups in total. The Balaban J connectivity index is 1.74. The number of likely N-dealkylation sites (tertiary alicyclic amines) is 1. The second kappa shape index (κ2) is 7.81. The fourth-order valence-electron chi connectivity index (χ4n) is 3.31. The minimum atomic E-state index is 0.565. The summed E-state index contributed by atoms with van der Waals surface area (Å²) in [5.74, 6) is 1.82. The van der Waals surface area contributed by atoms with Crippen LogP contribution in [-0.4, -0.2) is 37.2 Å². The topological polar surface area (TPSA) is 38.5 Å². The lowest BCUT2D eigenvalue weighted by molar-refractivity contribution is 0.115. The van der Waals surface area contributed by atoms with Crippen LogP contribution in [-0.2, 0) is 0 Å². The summed E-state index contributed by atoms with van der Waals surface area (Å²) in [5.41, 5.74) is 8.44. The average molecular weight is 290 g/mol. The third kappa shape index (κ3) is 5.01. The first-order chi connectivity index (χ1) is 10.1. The van der Waals surface area contributed by atoms with Crippen molar-refractivity contribution in [3.05, 3.63) is 29.3 Å². The van der Waals surface area contributed by atoms with E-state index in [-0.39, 0.29) is 0 Å². The molecule has 1 fully saturated rings. The molecule has 0 radical (unpaired) electrons. The highest BCUT2D eigenvalue weighted by molar-refractivity contribution is 5.32. The Hall–Kier alpha value is -1.06. The van der Waals surface area contributed by atoms with Gasteiger partial charge in [-0.15, -0.1) is 0 Å². The fourth-order valence-corrected chi connectivity index (χ4v) is 3.31. The second-order valence-electron chi connectivity index (χ2n) is 6.58. The first kappa shape index (κ1) is 16.3. The van der Waals surface area contributed by atoms with E-state index < -0.39 is 0 Å². The second-order valence-corrected chi connectivity index (χ2v) is 6.58. The van der Waals surface area contributed by atoms with Gasteiger partial charge in [0, 0.05) is 19.1 Å². The summed E-state index contributed by atoms with van der Waals surface area (Å²) in [5, 5.41) is 0. The van der Waals surface area contributed by atoms with E-state index in [1.807, 2.05) is 0 Å². The van der Waals surface area contributed by atoms with Crippen LogP contribution in [0.3, 0.4) is 0 Å². The number of benzene rings is 1. The minimum absolute atomic E-state index is 0.565. The Morgan fingerprint density at radius 3 is 2.62 bits per heavy atom.